The summed E-state index contributed by atoms with van der Waals surface area (Å²) in [5, 5.41) is 9.65. The van der Waals surface area contributed by atoms with Crippen molar-refractivity contribution >= 4 is 5.97 Å². The fraction of sp³-hybridized carbons (Fsp3) is 0.906. The molecule has 0 saturated carbocycles. The highest BCUT2D eigenvalue weighted by Crippen LogP contribution is 2.16. The molecule has 0 aromatic carbocycles. The van der Waals surface area contributed by atoms with E-state index in [9.17, 15) is 9.90 Å². The maximum Gasteiger partial charge on any atom is 0.306 e. The molecule has 0 spiro atoms. The van der Waals surface area contributed by atoms with Crippen LogP contribution < -0.4 is 0 Å². The second-order valence-electron chi connectivity index (χ2n) is 17.6. The zero-order valence-electron chi connectivity index (χ0n) is 38.9. The van der Waals surface area contributed by atoms with Crippen LogP contribution in [0.1, 0.15) is 284 Å². The summed E-state index contributed by atoms with van der Waals surface area (Å²) in [5.41, 5.74) is 0. The predicted molar refractivity (Wildman–Crippen MR) is 251 cm³/mol. The van der Waals surface area contributed by atoms with Crippen LogP contribution in [0.25, 0.3) is 0 Å². The number of ether oxygens (including phenoxy) is 2. The van der Waals surface area contributed by atoms with Crippen molar-refractivity contribution in [2.75, 3.05) is 19.8 Å². The van der Waals surface area contributed by atoms with Crippen LogP contribution in [0.5, 0.6) is 0 Å². The van der Waals surface area contributed by atoms with Crippen LogP contribution in [0.2, 0.25) is 0 Å². The summed E-state index contributed by atoms with van der Waals surface area (Å²) in [6.45, 7) is 5.39. The number of hydrogen-bond donors (Lipinski definition) is 1. The van der Waals surface area contributed by atoms with Crippen LogP contribution in [-0.4, -0.2) is 37.0 Å². The average Bonchev–Trinajstić information content (AvgIpc) is 3.22. The number of carbonyl (C=O) groups is 1. The van der Waals surface area contributed by atoms with E-state index in [2.05, 4.69) is 38.2 Å². The van der Waals surface area contributed by atoms with Crippen molar-refractivity contribution in [2.45, 2.75) is 290 Å². The Kier molecular flexibility index (Phi) is 50.0. The zero-order chi connectivity index (χ0) is 41.2. The lowest BCUT2D eigenvalue weighted by Gasteiger charge is -2.16. The van der Waals surface area contributed by atoms with Gasteiger partial charge in [-0.1, -0.05) is 237 Å². The summed E-state index contributed by atoms with van der Waals surface area (Å²) in [7, 11) is 0. The summed E-state index contributed by atoms with van der Waals surface area (Å²) >= 11 is 0. The highest BCUT2D eigenvalue weighted by atomic mass is 16.6. The van der Waals surface area contributed by atoms with Crippen molar-refractivity contribution in [1.29, 1.82) is 0 Å². The molecule has 0 amide bonds. The number of allylic oxidation sites excluding steroid dienone is 4. The highest BCUT2D eigenvalue weighted by Gasteiger charge is 2.13. The zero-order valence-corrected chi connectivity index (χ0v) is 38.9. The topological polar surface area (TPSA) is 55.8 Å². The number of unbranched alkanes of at least 4 members (excludes halogenated alkanes) is 37. The molecular formula is C53H102O4. The van der Waals surface area contributed by atoms with Gasteiger partial charge in [-0.3, -0.25) is 4.79 Å². The maximum absolute atomic E-state index is 12.3. The molecule has 0 aromatic rings. The van der Waals surface area contributed by atoms with Crippen molar-refractivity contribution in [1.82, 2.24) is 0 Å². The fourth-order valence-electron chi connectivity index (χ4n) is 7.85. The minimum absolute atomic E-state index is 0.168. The van der Waals surface area contributed by atoms with E-state index in [4.69, 9.17) is 9.47 Å². The monoisotopic (exact) mass is 803 g/mol. The lowest BCUT2D eigenvalue weighted by Crippen LogP contribution is -2.27. The first-order valence-electron chi connectivity index (χ1n) is 25.9. The van der Waals surface area contributed by atoms with Gasteiger partial charge in [0.2, 0.25) is 0 Å². The minimum Gasteiger partial charge on any atom is -0.457 e. The second-order valence-corrected chi connectivity index (χ2v) is 17.6. The lowest BCUT2D eigenvalue weighted by atomic mass is 10.0. The van der Waals surface area contributed by atoms with E-state index >= 15 is 0 Å². The first-order chi connectivity index (χ1) is 28.2. The molecule has 0 aliphatic heterocycles. The third-order valence-electron chi connectivity index (χ3n) is 11.7. The van der Waals surface area contributed by atoms with Crippen molar-refractivity contribution < 1.29 is 19.4 Å². The summed E-state index contributed by atoms with van der Waals surface area (Å²) in [6, 6.07) is 0. The number of aliphatic hydroxyl groups excluding tert-OH is 1. The van der Waals surface area contributed by atoms with Gasteiger partial charge in [-0.15, -0.1) is 0 Å². The predicted octanol–water partition coefficient (Wildman–Crippen LogP) is 17.4. The van der Waals surface area contributed by atoms with Gasteiger partial charge in [-0.05, 0) is 64.2 Å². The van der Waals surface area contributed by atoms with E-state index < -0.39 is 6.10 Å². The van der Waals surface area contributed by atoms with Crippen LogP contribution in [0, 0.1) is 0 Å². The molecule has 0 fully saturated rings. The van der Waals surface area contributed by atoms with Crippen molar-refractivity contribution in [3.8, 4) is 0 Å². The number of carbonyl (C=O) groups excluding carboxylic acids is 1. The number of rotatable bonds is 49. The molecule has 0 bridgehead atoms. The Balaban J connectivity index is 3.36. The molecule has 0 heterocycles. The molecule has 0 radical (unpaired) electrons. The first kappa shape index (κ1) is 55.9. The van der Waals surface area contributed by atoms with E-state index in [0.29, 0.717) is 19.6 Å². The Morgan fingerprint density at radius 3 is 1.00 bits per heavy atom. The first-order valence-corrected chi connectivity index (χ1v) is 25.9. The Bertz CT molecular complexity index is 807. The number of hydrogen-bond acceptors (Lipinski definition) is 4. The van der Waals surface area contributed by atoms with E-state index in [0.717, 1.165) is 19.3 Å². The second kappa shape index (κ2) is 51.0. The molecule has 57 heavy (non-hydrogen) atoms. The van der Waals surface area contributed by atoms with E-state index in [1.165, 1.54) is 244 Å². The smallest absolute Gasteiger partial charge is 0.306 e. The Labute approximate surface area is 358 Å². The molecule has 4 nitrogen and oxygen atoms in total. The maximum atomic E-state index is 12.3. The van der Waals surface area contributed by atoms with Gasteiger partial charge >= 0.3 is 5.97 Å². The van der Waals surface area contributed by atoms with Crippen LogP contribution in [0.15, 0.2) is 24.3 Å². The van der Waals surface area contributed by atoms with Gasteiger partial charge in [-0.25, -0.2) is 0 Å². The van der Waals surface area contributed by atoms with Crippen molar-refractivity contribution in [2.24, 2.45) is 0 Å². The van der Waals surface area contributed by atoms with Gasteiger partial charge in [0, 0.05) is 13.0 Å². The Hall–Kier alpha value is -1.13. The van der Waals surface area contributed by atoms with Crippen molar-refractivity contribution in [3.63, 3.8) is 0 Å². The van der Waals surface area contributed by atoms with Gasteiger partial charge in [-0.2, -0.15) is 0 Å². The van der Waals surface area contributed by atoms with E-state index in [1.54, 1.807) is 0 Å². The Morgan fingerprint density at radius 1 is 0.404 bits per heavy atom. The van der Waals surface area contributed by atoms with Crippen molar-refractivity contribution in [3.05, 3.63) is 24.3 Å². The quantitative estimate of drug-likeness (QED) is 0.0378. The molecule has 0 aromatic heterocycles. The number of aliphatic hydroxyl groups is 1. The molecule has 0 aliphatic carbocycles. The molecule has 1 N–H and O–H groups in total. The summed E-state index contributed by atoms with van der Waals surface area (Å²) in [5.74, 6) is -0.197. The summed E-state index contributed by atoms with van der Waals surface area (Å²) < 4.78 is 11.2. The van der Waals surface area contributed by atoms with Gasteiger partial charge in [0.1, 0.15) is 6.10 Å². The number of esters is 1. The molecular weight excluding hydrogens is 701 g/mol. The molecule has 338 valence electrons. The Morgan fingerprint density at radius 2 is 0.684 bits per heavy atom. The van der Waals surface area contributed by atoms with Gasteiger partial charge < -0.3 is 14.6 Å². The summed E-state index contributed by atoms with van der Waals surface area (Å²) in [6.07, 6.45) is 64.2. The molecule has 4 heteroatoms. The molecule has 0 aliphatic rings. The third kappa shape index (κ3) is 49.1. The lowest BCUT2D eigenvalue weighted by molar-refractivity contribution is -0.154. The van der Waals surface area contributed by atoms with Gasteiger partial charge in [0.05, 0.1) is 13.2 Å². The highest BCUT2D eigenvalue weighted by molar-refractivity contribution is 5.69. The molecule has 1 unspecified atom stereocenters. The van der Waals surface area contributed by atoms with Crippen LogP contribution in [0.3, 0.4) is 0 Å². The van der Waals surface area contributed by atoms with Crippen LogP contribution >= 0.6 is 0 Å². The largest absolute Gasteiger partial charge is 0.457 e. The molecule has 0 rings (SSSR count). The van der Waals surface area contributed by atoms with Gasteiger partial charge in [0.15, 0.2) is 0 Å². The van der Waals surface area contributed by atoms with E-state index in [1.807, 2.05) is 0 Å². The van der Waals surface area contributed by atoms with Gasteiger partial charge in [0.25, 0.3) is 0 Å². The minimum atomic E-state index is -0.533. The standard InChI is InChI=1S/C53H102O4/c1-3-5-7-9-11-13-15-17-19-21-23-24-25-26-27-28-29-31-33-35-37-39-41-43-45-47-49-56-51-52(50-54)57-53(55)48-46-44-42-40-38-36-34-32-30-22-20-18-16-14-12-10-8-6-4-2/h18,20-21,23,52,54H,3-17,19,22,24-51H2,1-2H3/b20-18-,23-21-. The SMILES string of the molecule is CCCCCCCC/C=C\CCCCCCCCCCCC(=O)OC(CO)COCCCCCCCCCCCCCCCC/C=C\CCCCCCCCCC. The summed E-state index contributed by atoms with van der Waals surface area (Å²) in [4.78, 5) is 12.3. The van der Waals surface area contributed by atoms with E-state index in [-0.39, 0.29) is 12.6 Å². The normalized spacial score (nSPS) is 12.4. The fourth-order valence-corrected chi connectivity index (χ4v) is 7.85. The third-order valence-corrected chi connectivity index (χ3v) is 11.7. The van der Waals surface area contributed by atoms with Crippen LogP contribution in [-0.2, 0) is 14.3 Å². The van der Waals surface area contributed by atoms with Crippen LogP contribution in [0.4, 0.5) is 0 Å². The average molecular weight is 803 g/mol. The molecule has 1 atom stereocenters. The molecule has 0 saturated heterocycles.